The van der Waals surface area contributed by atoms with E-state index in [0.29, 0.717) is 11.1 Å². The highest BCUT2D eigenvalue weighted by Crippen LogP contribution is 2.30. The normalized spacial score (nSPS) is 10.5. The number of fused-ring (bicyclic) bond motifs is 1. The van der Waals surface area contributed by atoms with Gasteiger partial charge in [0.15, 0.2) is 0 Å². The van der Waals surface area contributed by atoms with Gasteiger partial charge in [-0.25, -0.2) is 9.18 Å². The first-order valence-corrected chi connectivity index (χ1v) is 5.81. The number of hydrogen-bond donors (Lipinski definition) is 2. The minimum Gasteiger partial charge on any atom is -0.462 e. The second-order valence-electron chi connectivity index (χ2n) is 4.00. The molecule has 19 heavy (non-hydrogen) atoms. The molecule has 1 aromatic carbocycles. The molecule has 0 aliphatic carbocycles. The SMILES string of the molecule is CCOC(=O)c1cnc2c(F)ccc(C)c2c1NN. The topological polar surface area (TPSA) is 77.2 Å². The standard InChI is InChI=1S/C13H14FN3O2/c1-3-19-13(18)8-6-16-12-9(14)5-4-7(2)10(12)11(8)17-15/h4-6H,3,15H2,1-2H3,(H,16,17). The maximum atomic E-state index is 13.7. The van der Waals surface area contributed by atoms with Crippen LogP contribution in [0.5, 0.6) is 0 Å². The summed E-state index contributed by atoms with van der Waals surface area (Å²) in [5, 5.41) is 0.480. The molecule has 3 N–H and O–H groups in total. The molecule has 0 atom stereocenters. The van der Waals surface area contributed by atoms with Gasteiger partial charge in [0, 0.05) is 11.6 Å². The zero-order chi connectivity index (χ0) is 14.0. The Balaban J connectivity index is 2.76. The fourth-order valence-corrected chi connectivity index (χ4v) is 1.95. The summed E-state index contributed by atoms with van der Waals surface area (Å²) in [6.45, 7) is 3.73. The van der Waals surface area contributed by atoms with Crippen LogP contribution >= 0.6 is 0 Å². The number of rotatable bonds is 3. The number of hydrogen-bond acceptors (Lipinski definition) is 5. The molecule has 1 heterocycles. The van der Waals surface area contributed by atoms with E-state index in [1.54, 1.807) is 19.9 Å². The summed E-state index contributed by atoms with van der Waals surface area (Å²) in [5.41, 5.74) is 3.88. The lowest BCUT2D eigenvalue weighted by Crippen LogP contribution is -2.15. The van der Waals surface area contributed by atoms with Gasteiger partial charge in [0.25, 0.3) is 0 Å². The Bertz CT molecular complexity index is 643. The predicted molar refractivity (Wildman–Crippen MR) is 70.2 cm³/mol. The molecule has 6 heteroatoms. The summed E-state index contributed by atoms with van der Waals surface area (Å²) in [6.07, 6.45) is 1.26. The average Bonchev–Trinajstić information content (AvgIpc) is 2.41. The molecule has 0 fully saturated rings. The lowest BCUT2D eigenvalue weighted by molar-refractivity contribution is 0.0527. The van der Waals surface area contributed by atoms with E-state index in [0.717, 1.165) is 5.56 Å². The van der Waals surface area contributed by atoms with Crippen LogP contribution in [0.3, 0.4) is 0 Å². The van der Waals surface area contributed by atoms with Crippen LogP contribution in [0.2, 0.25) is 0 Å². The smallest absolute Gasteiger partial charge is 0.341 e. The third kappa shape index (κ3) is 2.22. The summed E-state index contributed by atoms with van der Waals surface area (Å²) in [6, 6.07) is 2.93. The number of nitrogens with one attached hydrogen (secondary N) is 1. The Labute approximate surface area is 109 Å². The monoisotopic (exact) mass is 263 g/mol. The van der Waals surface area contributed by atoms with Crippen LogP contribution in [0, 0.1) is 12.7 Å². The minimum absolute atomic E-state index is 0.168. The molecule has 0 aliphatic heterocycles. The van der Waals surface area contributed by atoms with E-state index >= 15 is 0 Å². The zero-order valence-electron chi connectivity index (χ0n) is 10.7. The number of carbonyl (C=O) groups excluding carboxylic acids is 1. The van der Waals surface area contributed by atoms with Gasteiger partial charge >= 0.3 is 5.97 Å². The van der Waals surface area contributed by atoms with Crippen LogP contribution in [-0.4, -0.2) is 17.6 Å². The van der Waals surface area contributed by atoms with Gasteiger partial charge in [-0.05, 0) is 25.5 Å². The van der Waals surface area contributed by atoms with E-state index in [1.165, 1.54) is 12.3 Å². The van der Waals surface area contributed by atoms with Gasteiger partial charge in [0.1, 0.15) is 16.9 Å². The third-order valence-corrected chi connectivity index (χ3v) is 2.82. The molecular weight excluding hydrogens is 249 g/mol. The van der Waals surface area contributed by atoms with Gasteiger partial charge in [0.2, 0.25) is 0 Å². The van der Waals surface area contributed by atoms with E-state index < -0.39 is 11.8 Å². The van der Waals surface area contributed by atoms with Gasteiger partial charge in [-0.3, -0.25) is 10.8 Å². The van der Waals surface area contributed by atoms with Crippen LogP contribution in [-0.2, 0) is 4.74 Å². The number of anilines is 1. The van der Waals surface area contributed by atoms with Crippen molar-refractivity contribution in [1.29, 1.82) is 0 Å². The first-order valence-electron chi connectivity index (χ1n) is 5.81. The summed E-state index contributed by atoms with van der Waals surface area (Å²) in [4.78, 5) is 15.8. The molecule has 5 nitrogen and oxygen atoms in total. The Kier molecular flexibility index (Phi) is 3.62. The third-order valence-electron chi connectivity index (χ3n) is 2.82. The van der Waals surface area contributed by atoms with E-state index in [4.69, 9.17) is 10.6 Å². The minimum atomic E-state index is -0.548. The number of pyridine rings is 1. The predicted octanol–water partition coefficient (Wildman–Crippen LogP) is 2.14. The van der Waals surface area contributed by atoms with Crippen LogP contribution < -0.4 is 11.3 Å². The number of halogens is 1. The number of aromatic nitrogens is 1. The lowest BCUT2D eigenvalue weighted by Gasteiger charge is -2.13. The molecule has 0 aliphatic rings. The molecule has 0 radical (unpaired) electrons. The molecular formula is C13H14FN3O2. The van der Waals surface area contributed by atoms with E-state index in [2.05, 4.69) is 10.4 Å². The number of aryl methyl sites for hydroxylation is 1. The quantitative estimate of drug-likeness (QED) is 0.504. The molecule has 0 amide bonds. The van der Waals surface area contributed by atoms with Crippen molar-refractivity contribution >= 4 is 22.6 Å². The van der Waals surface area contributed by atoms with Gasteiger partial charge in [-0.2, -0.15) is 0 Å². The van der Waals surface area contributed by atoms with Crippen molar-refractivity contribution in [2.24, 2.45) is 5.84 Å². The largest absolute Gasteiger partial charge is 0.462 e. The average molecular weight is 263 g/mol. The fourth-order valence-electron chi connectivity index (χ4n) is 1.95. The van der Waals surface area contributed by atoms with Crippen molar-refractivity contribution in [2.75, 3.05) is 12.0 Å². The number of nitrogen functional groups attached to an aromatic ring is 1. The second kappa shape index (κ2) is 5.19. The zero-order valence-corrected chi connectivity index (χ0v) is 10.7. The number of ether oxygens (including phenoxy) is 1. The highest BCUT2D eigenvalue weighted by molar-refractivity contribution is 6.06. The molecule has 0 saturated heterocycles. The van der Waals surface area contributed by atoms with E-state index in [-0.39, 0.29) is 17.7 Å². The summed E-state index contributed by atoms with van der Waals surface area (Å²) in [7, 11) is 0. The number of carbonyl (C=O) groups is 1. The van der Waals surface area contributed by atoms with Crippen molar-refractivity contribution in [2.45, 2.75) is 13.8 Å². The highest BCUT2D eigenvalue weighted by Gasteiger charge is 2.18. The maximum Gasteiger partial charge on any atom is 0.341 e. The molecule has 2 rings (SSSR count). The number of nitrogens with two attached hydrogens (primary N) is 1. The molecule has 0 bridgehead atoms. The molecule has 0 spiro atoms. The lowest BCUT2D eigenvalue weighted by atomic mass is 10.0. The summed E-state index contributed by atoms with van der Waals surface area (Å²) in [5.74, 6) is 4.45. The first-order chi connectivity index (χ1) is 9.10. The van der Waals surface area contributed by atoms with Gasteiger partial charge < -0.3 is 10.2 Å². The van der Waals surface area contributed by atoms with Gasteiger partial charge in [-0.15, -0.1) is 0 Å². The molecule has 0 saturated carbocycles. The molecule has 0 unspecified atom stereocenters. The van der Waals surface area contributed by atoms with Crippen LogP contribution in [0.15, 0.2) is 18.3 Å². The molecule has 1 aromatic heterocycles. The molecule has 100 valence electrons. The summed E-state index contributed by atoms with van der Waals surface area (Å²) < 4.78 is 18.6. The van der Waals surface area contributed by atoms with Gasteiger partial charge in [0.05, 0.1) is 12.3 Å². The Morgan fingerprint density at radius 2 is 2.26 bits per heavy atom. The summed E-state index contributed by atoms with van der Waals surface area (Å²) >= 11 is 0. The number of hydrazine groups is 1. The Hall–Kier alpha value is -2.21. The van der Waals surface area contributed by atoms with Crippen LogP contribution in [0.1, 0.15) is 22.8 Å². The van der Waals surface area contributed by atoms with E-state index in [9.17, 15) is 9.18 Å². The Morgan fingerprint density at radius 1 is 1.53 bits per heavy atom. The van der Waals surface area contributed by atoms with Crippen molar-refractivity contribution < 1.29 is 13.9 Å². The van der Waals surface area contributed by atoms with Crippen molar-refractivity contribution in [3.05, 3.63) is 35.3 Å². The number of benzene rings is 1. The van der Waals surface area contributed by atoms with Crippen molar-refractivity contribution in [3.8, 4) is 0 Å². The number of nitrogens with zero attached hydrogens (tertiary/aromatic N) is 1. The van der Waals surface area contributed by atoms with Crippen molar-refractivity contribution in [1.82, 2.24) is 4.98 Å². The number of esters is 1. The second-order valence-corrected chi connectivity index (χ2v) is 4.00. The van der Waals surface area contributed by atoms with Crippen LogP contribution in [0.4, 0.5) is 10.1 Å². The maximum absolute atomic E-state index is 13.7. The van der Waals surface area contributed by atoms with E-state index in [1.807, 2.05) is 0 Å². The highest BCUT2D eigenvalue weighted by atomic mass is 19.1. The fraction of sp³-hybridized carbons (Fsp3) is 0.231. The first kappa shape index (κ1) is 13.2. The van der Waals surface area contributed by atoms with Gasteiger partial charge in [-0.1, -0.05) is 6.07 Å². The van der Waals surface area contributed by atoms with Crippen LogP contribution in [0.25, 0.3) is 10.9 Å². The molecule has 2 aromatic rings. The van der Waals surface area contributed by atoms with Crippen molar-refractivity contribution in [3.63, 3.8) is 0 Å². The Morgan fingerprint density at radius 3 is 2.89 bits per heavy atom.